The van der Waals surface area contributed by atoms with Gasteiger partial charge in [0.25, 0.3) is 0 Å². The van der Waals surface area contributed by atoms with Gasteiger partial charge in [-0.15, -0.1) is 0 Å². The Bertz CT molecular complexity index is 449. The lowest BCUT2D eigenvalue weighted by molar-refractivity contribution is -0.145. The lowest BCUT2D eigenvalue weighted by Crippen LogP contribution is -2.42. The van der Waals surface area contributed by atoms with Gasteiger partial charge in [-0.1, -0.05) is 86.1 Å². The van der Waals surface area contributed by atoms with Crippen molar-refractivity contribution in [2.75, 3.05) is 0 Å². The second-order valence-corrected chi connectivity index (χ2v) is 9.67. The van der Waals surface area contributed by atoms with Crippen molar-refractivity contribution in [3.05, 3.63) is 12.2 Å². The first-order chi connectivity index (χ1) is 13.8. The van der Waals surface area contributed by atoms with Crippen molar-refractivity contribution < 1.29 is 14.0 Å². The quantitative estimate of drug-likeness (QED) is 0.108. The zero-order valence-electron chi connectivity index (χ0n) is 20.6. The van der Waals surface area contributed by atoms with Crippen molar-refractivity contribution in [2.24, 2.45) is 11.3 Å². The number of ether oxygens (including phenoxy) is 1. The maximum atomic E-state index is 12.2. The van der Waals surface area contributed by atoms with E-state index in [1.807, 2.05) is 0 Å². The summed E-state index contributed by atoms with van der Waals surface area (Å²) in [5.74, 6) is 0.313. The van der Waals surface area contributed by atoms with Crippen LogP contribution in [-0.2, 0) is 14.0 Å². The molecule has 29 heavy (non-hydrogen) atoms. The van der Waals surface area contributed by atoms with Crippen LogP contribution in [0.2, 0.25) is 0 Å². The zero-order chi connectivity index (χ0) is 22.3. The predicted molar refractivity (Wildman–Crippen MR) is 129 cm³/mol. The van der Waals surface area contributed by atoms with E-state index in [1.54, 1.807) is 6.92 Å². The average Bonchev–Trinajstić information content (AvgIpc) is 2.69. The van der Waals surface area contributed by atoms with E-state index in [2.05, 4.69) is 41.2 Å². The number of unbranched alkanes of at least 4 members (excludes halogenated alkanes) is 4. The van der Waals surface area contributed by atoms with Crippen molar-refractivity contribution in [3.8, 4) is 0 Å². The fourth-order valence-corrected chi connectivity index (χ4v) is 5.21. The summed E-state index contributed by atoms with van der Waals surface area (Å²) in [5.41, 5.74) is 0.667. The van der Waals surface area contributed by atoms with Crippen molar-refractivity contribution in [2.45, 2.75) is 131 Å². The highest BCUT2D eigenvalue weighted by Crippen LogP contribution is 2.45. The molecule has 0 spiro atoms. The number of hydrogen-bond donors (Lipinski definition) is 0. The standard InChI is InChI=1S/C25H50O3Si/c1-8-11-14-18-25(21(6)7,23(28-29)16-13-10-3)19-17-22(15-12-9-2)27-24(26)20(4)5/h21-23H,4,8-19H2,1-3,5-7,29H3. The van der Waals surface area contributed by atoms with Crippen LogP contribution in [0, 0.1) is 11.3 Å². The van der Waals surface area contributed by atoms with Gasteiger partial charge >= 0.3 is 5.97 Å². The van der Waals surface area contributed by atoms with Crippen LogP contribution in [-0.4, -0.2) is 28.7 Å². The molecule has 3 atom stereocenters. The third-order valence-electron chi connectivity index (χ3n) is 6.57. The minimum absolute atomic E-state index is 0.00984. The summed E-state index contributed by atoms with van der Waals surface area (Å²) in [7, 11) is 0.779. The molecule has 0 fully saturated rings. The average molecular weight is 427 g/mol. The summed E-state index contributed by atoms with van der Waals surface area (Å²) < 4.78 is 12.1. The fourth-order valence-electron chi connectivity index (χ4n) is 4.51. The molecular formula is C25H50O3Si. The van der Waals surface area contributed by atoms with Crippen molar-refractivity contribution >= 4 is 16.5 Å². The van der Waals surface area contributed by atoms with Gasteiger partial charge in [0, 0.05) is 11.7 Å². The molecule has 0 rings (SSSR count). The van der Waals surface area contributed by atoms with Gasteiger partial charge in [-0.05, 0) is 50.4 Å². The van der Waals surface area contributed by atoms with Crippen LogP contribution < -0.4 is 0 Å². The van der Waals surface area contributed by atoms with Gasteiger partial charge in [-0.25, -0.2) is 4.79 Å². The number of rotatable bonds is 18. The van der Waals surface area contributed by atoms with E-state index in [1.165, 1.54) is 38.5 Å². The monoisotopic (exact) mass is 426 g/mol. The summed E-state index contributed by atoms with van der Waals surface area (Å²) in [5, 5.41) is 0. The molecular weight excluding hydrogens is 376 g/mol. The fraction of sp³-hybridized carbons (Fsp3) is 0.880. The summed E-state index contributed by atoms with van der Waals surface area (Å²) in [4.78, 5) is 12.2. The molecule has 0 saturated heterocycles. The highest BCUT2D eigenvalue weighted by molar-refractivity contribution is 5.98. The Morgan fingerprint density at radius 3 is 2.00 bits per heavy atom. The lowest BCUT2D eigenvalue weighted by Gasteiger charge is -2.45. The second-order valence-electron chi connectivity index (χ2n) is 9.20. The Balaban J connectivity index is 5.52. The Kier molecular flexibility index (Phi) is 15.8. The Labute approximate surface area is 184 Å². The van der Waals surface area contributed by atoms with E-state index in [-0.39, 0.29) is 17.5 Å². The topological polar surface area (TPSA) is 35.5 Å². The van der Waals surface area contributed by atoms with E-state index < -0.39 is 0 Å². The van der Waals surface area contributed by atoms with E-state index in [0.717, 1.165) is 49.0 Å². The molecule has 3 unspecified atom stereocenters. The minimum Gasteiger partial charge on any atom is -0.459 e. The third kappa shape index (κ3) is 10.3. The van der Waals surface area contributed by atoms with Gasteiger partial charge in [0.15, 0.2) is 0 Å². The van der Waals surface area contributed by atoms with Crippen LogP contribution in [0.15, 0.2) is 12.2 Å². The van der Waals surface area contributed by atoms with E-state index in [9.17, 15) is 4.79 Å². The summed E-state index contributed by atoms with van der Waals surface area (Å²) >= 11 is 0. The normalized spacial score (nSPS) is 15.8. The first-order valence-corrected chi connectivity index (χ1v) is 13.0. The Morgan fingerprint density at radius 2 is 1.52 bits per heavy atom. The maximum Gasteiger partial charge on any atom is 0.333 e. The van der Waals surface area contributed by atoms with Crippen LogP contribution >= 0.6 is 0 Å². The molecule has 0 aliphatic heterocycles. The number of esters is 1. The van der Waals surface area contributed by atoms with Crippen molar-refractivity contribution in [1.82, 2.24) is 0 Å². The molecule has 0 aliphatic carbocycles. The molecule has 0 aliphatic rings. The molecule has 3 nitrogen and oxygen atoms in total. The third-order valence-corrected chi connectivity index (χ3v) is 7.14. The number of carbonyl (C=O) groups is 1. The summed E-state index contributed by atoms with van der Waals surface area (Å²) in [6, 6.07) is 0. The van der Waals surface area contributed by atoms with Gasteiger partial charge < -0.3 is 9.16 Å². The van der Waals surface area contributed by atoms with Gasteiger partial charge in [0.05, 0.1) is 0 Å². The predicted octanol–water partition coefficient (Wildman–Crippen LogP) is 6.52. The van der Waals surface area contributed by atoms with Gasteiger partial charge in [-0.3, -0.25) is 0 Å². The Morgan fingerprint density at radius 1 is 0.931 bits per heavy atom. The van der Waals surface area contributed by atoms with Gasteiger partial charge in [-0.2, -0.15) is 0 Å². The molecule has 4 heteroatoms. The summed E-state index contributed by atoms with van der Waals surface area (Å²) in [6.45, 7) is 17.0. The highest BCUT2D eigenvalue weighted by atomic mass is 28.2. The molecule has 0 N–H and O–H groups in total. The largest absolute Gasteiger partial charge is 0.459 e. The zero-order valence-corrected chi connectivity index (χ0v) is 22.6. The van der Waals surface area contributed by atoms with Crippen LogP contribution in [0.25, 0.3) is 0 Å². The van der Waals surface area contributed by atoms with E-state index in [0.29, 0.717) is 17.6 Å². The minimum atomic E-state index is -0.242. The smallest absolute Gasteiger partial charge is 0.333 e. The molecule has 0 amide bonds. The molecule has 0 aromatic carbocycles. The number of carbonyl (C=O) groups excluding carboxylic acids is 1. The number of hydrogen-bond acceptors (Lipinski definition) is 3. The lowest BCUT2D eigenvalue weighted by atomic mass is 9.65. The van der Waals surface area contributed by atoms with Gasteiger partial charge in [0.1, 0.15) is 16.6 Å². The van der Waals surface area contributed by atoms with Crippen LogP contribution in [0.5, 0.6) is 0 Å². The molecule has 0 aromatic rings. The first-order valence-electron chi connectivity index (χ1n) is 12.2. The van der Waals surface area contributed by atoms with E-state index >= 15 is 0 Å². The highest BCUT2D eigenvalue weighted by Gasteiger charge is 2.41. The molecule has 172 valence electrons. The summed E-state index contributed by atoms with van der Waals surface area (Å²) in [6.07, 6.45) is 14.0. The molecule has 0 radical (unpaired) electrons. The SMILES string of the molecule is C=C(C)C(=O)OC(CCCC)CCC(CCCCC)(C(C)C)C(CCCC)O[SiH3]. The maximum absolute atomic E-state index is 12.2. The van der Waals surface area contributed by atoms with Crippen LogP contribution in [0.1, 0.15) is 119 Å². The molecule has 0 aromatic heterocycles. The first kappa shape index (κ1) is 28.4. The second kappa shape index (κ2) is 16.1. The van der Waals surface area contributed by atoms with Crippen molar-refractivity contribution in [3.63, 3.8) is 0 Å². The van der Waals surface area contributed by atoms with Gasteiger partial charge in [0.2, 0.25) is 0 Å². The van der Waals surface area contributed by atoms with Crippen LogP contribution in [0.4, 0.5) is 0 Å². The molecule has 0 heterocycles. The van der Waals surface area contributed by atoms with Crippen LogP contribution in [0.3, 0.4) is 0 Å². The molecule has 0 saturated carbocycles. The van der Waals surface area contributed by atoms with E-state index in [4.69, 9.17) is 9.16 Å². The Hall–Kier alpha value is -0.613. The van der Waals surface area contributed by atoms with Crippen molar-refractivity contribution in [1.29, 1.82) is 0 Å². The molecule has 0 bridgehead atoms.